The molecule has 28 heavy (non-hydrogen) atoms. The minimum absolute atomic E-state index is 0.0928. The molecule has 6 nitrogen and oxygen atoms in total. The Balaban J connectivity index is 1.38. The Bertz CT molecular complexity index is 823. The molecule has 2 aromatic carbocycles. The lowest BCUT2D eigenvalue weighted by atomic mass is 10.2. The van der Waals surface area contributed by atoms with Crippen molar-refractivity contribution in [2.45, 2.75) is 0 Å². The van der Waals surface area contributed by atoms with Crippen LogP contribution in [0, 0.1) is 5.82 Å². The second-order valence-corrected chi connectivity index (χ2v) is 7.10. The number of nitrogens with one attached hydrogen (secondary N) is 2. The highest BCUT2D eigenvalue weighted by Crippen LogP contribution is 2.15. The number of nitrogens with zero attached hydrogens (tertiary/aromatic N) is 2. The van der Waals surface area contributed by atoms with Crippen LogP contribution in [-0.4, -0.2) is 60.9 Å². The number of hydrogen-bond donors (Lipinski definition) is 2. The van der Waals surface area contributed by atoms with E-state index in [0.717, 1.165) is 0 Å². The zero-order valence-electron chi connectivity index (χ0n) is 15.3. The van der Waals surface area contributed by atoms with Gasteiger partial charge in [0.05, 0.1) is 13.1 Å². The van der Waals surface area contributed by atoms with Gasteiger partial charge in [0.2, 0.25) is 11.8 Å². The highest BCUT2D eigenvalue weighted by molar-refractivity contribution is 6.30. The van der Waals surface area contributed by atoms with Crippen LogP contribution in [0.25, 0.3) is 0 Å². The fourth-order valence-corrected chi connectivity index (χ4v) is 3.20. The van der Waals surface area contributed by atoms with E-state index in [1.807, 2.05) is 9.80 Å². The Kier molecular flexibility index (Phi) is 6.97. The van der Waals surface area contributed by atoms with E-state index in [1.165, 1.54) is 24.3 Å². The lowest BCUT2D eigenvalue weighted by Gasteiger charge is -2.33. The number of rotatable bonds is 6. The van der Waals surface area contributed by atoms with Crippen LogP contribution in [0.1, 0.15) is 0 Å². The van der Waals surface area contributed by atoms with Crippen LogP contribution >= 0.6 is 11.6 Å². The molecule has 0 spiro atoms. The molecule has 1 aliphatic rings. The Labute approximate surface area is 168 Å². The van der Waals surface area contributed by atoms with Crippen LogP contribution in [0.5, 0.6) is 0 Å². The normalized spacial score (nSPS) is 15.2. The van der Waals surface area contributed by atoms with Gasteiger partial charge in [-0.25, -0.2) is 4.39 Å². The van der Waals surface area contributed by atoms with Crippen molar-refractivity contribution in [1.29, 1.82) is 0 Å². The maximum atomic E-state index is 12.9. The van der Waals surface area contributed by atoms with Gasteiger partial charge >= 0.3 is 0 Å². The quantitative estimate of drug-likeness (QED) is 0.777. The van der Waals surface area contributed by atoms with Gasteiger partial charge in [0.25, 0.3) is 0 Å². The number of halogens is 2. The molecule has 0 bridgehead atoms. The van der Waals surface area contributed by atoms with Gasteiger partial charge in [-0.15, -0.1) is 0 Å². The Morgan fingerprint density at radius 1 is 0.857 bits per heavy atom. The van der Waals surface area contributed by atoms with Crippen LogP contribution in [0.15, 0.2) is 48.5 Å². The summed E-state index contributed by atoms with van der Waals surface area (Å²) in [5.41, 5.74) is 1.25. The lowest BCUT2D eigenvalue weighted by molar-refractivity contribution is -0.120. The summed E-state index contributed by atoms with van der Waals surface area (Å²) < 4.78 is 12.9. The molecule has 2 aromatic rings. The maximum absolute atomic E-state index is 12.9. The standard InChI is InChI=1S/C20H22ClFN4O2/c21-15-2-1-3-18(12-15)24-20(28)14-26-10-8-25(9-11-26)13-19(27)23-17-6-4-16(22)5-7-17/h1-7,12H,8-11,13-14H2,(H,23,27)(H,24,28). The average molecular weight is 405 g/mol. The molecular formula is C20H22ClFN4O2. The smallest absolute Gasteiger partial charge is 0.238 e. The third-order valence-electron chi connectivity index (χ3n) is 4.44. The Morgan fingerprint density at radius 3 is 1.93 bits per heavy atom. The summed E-state index contributed by atoms with van der Waals surface area (Å²) in [4.78, 5) is 28.4. The highest BCUT2D eigenvalue weighted by atomic mass is 35.5. The van der Waals surface area contributed by atoms with Gasteiger partial charge in [0.1, 0.15) is 5.82 Å². The Morgan fingerprint density at radius 2 is 1.39 bits per heavy atom. The maximum Gasteiger partial charge on any atom is 0.238 e. The first-order valence-electron chi connectivity index (χ1n) is 9.03. The molecule has 2 amide bonds. The van der Waals surface area contributed by atoms with Crippen molar-refractivity contribution in [3.63, 3.8) is 0 Å². The molecule has 1 fully saturated rings. The van der Waals surface area contributed by atoms with Crippen molar-refractivity contribution in [3.05, 3.63) is 59.4 Å². The first-order chi connectivity index (χ1) is 13.5. The fourth-order valence-electron chi connectivity index (χ4n) is 3.01. The zero-order valence-corrected chi connectivity index (χ0v) is 16.1. The van der Waals surface area contributed by atoms with Crippen LogP contribution in [0.2, 0.25) is 5.02 Å². The Hall–Kier alpha value is -2.48. The van der Waals surface area contributed by atoms with E-state index in [0.29, 0.717) is 49.1 Å². The fraction of sp³-hybridized carbons (Fsp3) is 0.300. The monoisotopic (exact) mass is 404 g/mol. The summed E-state index contributed by atoms with van der Waals surface area (Å²) in [7, 11) is 0. The van der Waals surface area contributed by atoms with Crippen LogP contribution in [-0.2, 0) is 9.59 Å². The number of carbonyl (C=O) groups is 2. The molecule has 2 N–H and O–H groups in total. The molecule has 1 aliphatic heterocycles. The third kappa shape index (κ3) is 6.30. The van der Waals surface area contributed by atoms with E-state index in [1.54, 1.807) is 24.3 Å². The minimum Gasteiger partial charge on any atom is -0.325 e. The molecule has 0 atom stereocenters. The van der Waals surface area contributed by atoms with Gasteiger partial charge in [0.15, 0.2) is 0 Å². The van der Waals surface area contributed by atoms with Gasteiger partial charge in [-0.1, -0.05) is 17.7 Å². The zero-order chi connectivity index (χ0) is 19.9. The van der Waals surface area contributed by atoms with Gasteiger partial charge in [0, 0.05) is 42.6 Å². The lowest BCUT2D eigenvalue weighted by Crippen LogP contribution is -2.50. The van der Waals surface area contributed by atoms with E-state index in [2.05, 4.69) is 10.6 Å². The van der Waals surface area contributed by atoms with Crippen LogP contribution in [0.3, 0.4) is 0 Å². The van der Waals surface area contributed by atoms with Crippen molar-refractivity contribution >= 4 is 34.8 Å². The summed E-state index contributed by atoms with van der Waals surface area (Å²) in [6, 6.07) is 12.7. The number of piperazine rings is 1. The molecular weight excluding hydrogens is 383 g/mol. The predicted molar refractivity (Wildman–Crippen MR) is 108 cm³/mol. The molecule has 0 aliphatic carbocycles. The predicted octanol–water partition coefficient (Wildman–Crippen LogP) is 2.67. The van der Waals surface area contributed by atoms with E-state index in [4.69, 9.17) is 11.6 Å². The number of anilines is 2. The van der Waals surface area contributed by atoms with Crippen molar-refractivity contribution in [2.24, 2.45) is 0 Å². The summed E-state index contributed by atoms with van der Waals surface area (Å²) in [6.07, 6.45) is 0. The summed E-state index contributed by atoms with van der Waals surface area (Å²) in [6.45, 7) is 3.35. The molecule has 1 heterocycles. The second kappa shape index (κ2) is 9.64. The molecule has 0 saturated carbocycles. The summed E-state index contributed by atoms with van der Waals surface area (Å²) in [5, 5.41) is 6.17. The van der Waals surface area contributed by atoms with Crippen molar-refractivity contribution in [3.8, 4) is 0 Å². The van der Waals surface area contributed by atoms with Crippen LogP contribution in [0.4, 0.5) is 15.8 Å². The van der Waals surface area contributed by atoms with Crippen LogP contribution < -0.4 is 10.6 Å². The van der Waals surface area contributed by atoms with E-state index in [9.17, 15) is 14.0 Å². The summed E-state index contributed by atoms with van der Waals surface area (Å²) in [5.74, 6) is -0.572. The summed E-state index contributed by atoms with van der Waals surface area (Å²) >= 11 is 5.92. The van der Waals surface area contributed by atoms with Crippen molar-refractivity contribution < 1.29 is 14.0 Å². The number of hydrogen-bond acceptors (Lipinski definition) is 4. The van der Waals surface area contributed by atoms with E-state index in [-0.39, 0.29) is 24.2 Å². The van der Waals surface area contributed by atoms with Gasteiger partial charge in [-0.2, -0.15) is 0 Å². The molecule has 0 aromatic heterocycles. The first kappa shape index (κ1) is 20.3. The molecule has 3 rings (SSSR count). The number of benzene rings is 2. The SMILES string of the molecule is O=C(CN1CCN(CC(=O)Nc2cccc(Cl)c2)CC1)Nc1ccc(F)cc1. The molecule has 148 valence electrons. The van der Waals surface area contributed by atoms with Gasteiger partial charge < -0.3 is 10.6 Å². The minimum atomic E-state index is -0.339. The number of amides is 2. The number of carbonyl (C=O) groups excluding carboxylic acids is 2. The third-order valence-corrected chi connectivity index (χ3v) is 4.67. The second-order valence-electron chi connectivity index (χ2n) is 6.67. The van der Waals surface area contributed by atoms with E-state index >= 15 is 0 Å². The van der Waals surface area contributed by atoms with Crippen molar-refractivity contribution in [2.75, 3.05) is 49.9 Å². The molecule has 8 heteroatoms. The topological polar surface area (TPSA) is 64.7 Å². The average Bonchev–Trinajstić information content (AvgIpc) is 2.65. The van der Waals surface area contributed by atoms with Crippen molar-refractivity contribution in [1.82, 2.24) is 9.80 Å². The van der Waals surface area contributed by atoms with Gasteiger partial charge in [-0.05, 0) is 42.5 Å². The molecule has 0 unspecified atom stereocenters. The van der Waals surface area contributed by atoms with Gasteiger partial charge in [-0.3, -0.25) is 19.4 Å². The highest BCUT2D eigenvalue weighted by Gasteiger charge is 2.20. The van der Waals surface area contributed by atoms with E-state index < -0.39 is 0 Å². The first-order valence-corrected chi connectivity index (χ1v) is 9.41. The largest absolute Gasteiger partial charge is 0.325 e. The molecule has 1 saturated heterocycles. The molecule has 0 radical (unpaired) electrons.